The molecule has 0 saturated heterocycles. The van der Waals surface area contributed by atoms with Gasteiger partial charge in [0.15, 0.2) is 0 Å². The third-order valence-corrected chi connectivity index (χ3v) is 6.74. The molecule has 0 atom stereocenters. The highest BCUT2D eigenvalue weighted by molar-refractivity contribution is 6.30. The molecule has 7 heteroatoms. The molecule has 0 radical (unpaired) electrons. The van der Waals surface area contributed by atoms with Crippen molar-refractivity contribution in [2.75, 3.05) is 11.9 Å². The summed E-state index contributed by atoms with van der Waals surface area (Å²) >= 11 is 5.94. The van der Waals surface area contributed by atoms with Crippen LogP contribution in [-0.4, -0.2) is 16.3 Å². The largest absolute Gasteiger partial charge is 0.418 e. The van der Waals surface area contributed by atoms with Crippen LogP contribution in [-0.2, 0) is 19.0 Å². The number of hydrogen-bond acceptors (Lipinski definition) is 2. The highest BCUT2D eigenvalue weighted by atomic mass is 35.5. The van der Waals surface area contributed by atoms with Gasteiger partial charge < -0.3 is 5.32 Å². The molecule has 0 fully saturated rings. The molecule has 0 saturated carbocycles. The quantitative estimate of drug-likeness (QED) is 0.308. The van der Waals surface area contributed by atoms with E-state index < -0.39 is 11.7 Å². The van der Waals surface area contributed by atoms with Crippen LogP contribution >= 0.6 is 11.6 Å². The van der Waals surface area contributed by atoms with Crippen LogP contribution in [0.5, 0.6) is 0 Å². The molecule has 1 N–H and O–H groups in total. The number of alkyl halides is 3. The van der Waals surface area contributed by atoms with Crippen molar-refractivity contribution < 1.29 is 13.2 Å². The third-order valence-electron chi connectivity index (χ3n) is 6.51. The molecule has 1 aliphatic rings. The second-order valence-corrected chi connectivity index (χ2v) is 9.24. The topological polar surface area (TPSA) is 29.9 Å². The minimum Gasteiger partial charge on any atom is -0.370 e. The number of rotatable bonds is 5. The van der Waals surface area contributed by atoms with Gasteiger partial charge in [-0.25, -0.2) is 4.68 Å². The fraction of sp³-hybridized carbons (Fsp3) is 0.250. The number of aromatic nitrogens is 2. The first kappa shape index (κ1) is 23.5. The summed E-state index contributed by atoms with van der Waals surface area (Å²) in [5.74, 6) is 0.672. The van der Waals surface area contributed by atoms with Gasteiger partial charge in [-0.15, -0.1) is 0 Å². The van der Waals surface area contributed by atoms with Gasteiger partial charge in [0.1, 0.15) is 5.82 Å². The monoisotopic (exact) mass is 495 g/mol. The molecule has 180 valence electrons. The molecule has 1 aromatic heterocycles. The zero-order chi connectivity index (χ0) is 24.4. The lowest BCUT2D eigenvalue weighted by atomic mass is 9.86. The summed E-state index contributed by atoms with van der Waals surface area (Å²) in [6.07, 6.45) is -1.31. The Labute approximate surface area is 207 Å². The summed E-state index contributed by atoms with van der Waals surface area (Å²) in [7, 11) is 0. The van der Waals surface area contributed by atoms with Crippen molar-refractivity contribution in [1.82, 2.24) is 9.78 Å². The maximum atomic E-state index is 14.0. The Kier molecular flexibility index (Phi) is 6.56. The molecule has 3 nitrogen and oxygen atoms in total. The number of benzene rings is 3. The van der Waals surface area contributed by atoms with Crippen molar-refractivity contribution in [3.8, 4) is 5.69 Å². The highest BCUT2D eigenvalue weighted by Crippen LogP contribution is 2.39. The van der Waals surface area contributed by atoms with Crippen LogP contribution in [0.1, 0.15) is 46.7 Å². The Balaban J connectivity index is 1.65. The lowest BCUT2D eigenvalue weighted by Gasteiger charge is -2.18. The Hall–Kier alpha value is -3.25. The van der Waals surface area contributed by atoms with Crippen molar-refractivity contribution in [3.05, 3.63) is 112 Å². The number of halogens is 4. The van der Waals surface area contributed by atoms with Crippen LogP contribution in [0.25, 0.3) is 5.69 Å². The number of nitrogens with one attached hydrogen (secondary N) is 1. The molecule has 4 aromatic rings. The van der Waals surface area contributed by atoms with Crippen LogP contribution in [0, 0.1) is 0 Å². The van der Waals surface area contributed by atoms with E-state index in [2.05, 4.69) is 29.6 Å². The summed E-state index contributed by atoms with van der Waals surface area (Å²) in [4.78, 5) is 0. The van der Waals surface area contributed by atoms with E-state index in [1.807, 2.05) is 36.4 Å². The van der Waals surface area contributed by atoms with E-state index in [0.29, 0.717) is 18.8 Å². The molecule has 0 aliphatic carbocycles. The molecule has 0 amide bonds. The maximum Gasteiger partial charge on any atom is 0.418 e. The van der Waals surface area contributed by atoms with Gasteiger partial charge in [-0.05, 0) is 48.6 Å². The van der Waals surface area contributed by atoms with Crippen molar-refractivity contribution in [2.45, 2.75) is 37.8 Å². The fourth-order valence-electron chi connectivity index (χ4n) is 4.82. The van der Waals surface area contributed by atoms with Crippen LogP contribution < -0.4 is 5.32 Å². The highest BCUT2D eigenvalue weighted by Gasteiger charge is 2.36. The first-order valence-corrected chi connectivity index (χ1v) is 12.1. The average molecular weight is 496 g/mol. The van der Waals surface area contributed by atoms with Crippen LogP contribution in [0.2, 0.25) is 5.02 Å². The van der Waals surface area contributed by atoms with Gasteiger partial charge in [0, 0.05) is 29.5 Å². The Morgan fingerprint density at radius 3 is 2.20 bits per heavy atom. The van der Waals surface area contributed by atoms with Crippen LogP contribution in [0.4, 0.5) is 19.0 Å². The van der Waals surface area contributed by atoms with E-state index >= 15 is 0 Å². The van der Waals surface area contributed by atoms with Crippen LogP contribution in [0.15, 0.2) is 78.9 Å². The Morgan fingerprint density at radius 2 is 1.57 bits per heavy atom. The third kappa shape index (κ3) is 4.94. The van der Waals surface area contributed by atoms with E-state index in [0.717, 1.165) is 47.7 Å². The van der Waals surface area contributed by atoms with Gasteiger partial charge in [0.2, 0.25) is 0 Å². The number of nitrogens with zero attached hydrogens (tertiary/aromatic N) is 2. The zero-order valence-electron chi connectivity index (χ0n) is 19.0. The van der Waals surface area contributed by atoms with Gasteiger partial charge in [0.05, 0.1) is 16.9 Å². The summed E-state index contributed by atoms with van der Waals surface area (Å²) in [5, 5.41) is 8.21. The number of hydrogen-bond donors (Lipinski definition) is 1. The summed E-state index contributed by atoms with van der Waals surface area (Å²) in [5.41, 5.74) is 3.28. The normalized spacial score (nSPS) is 13.9. The first-order chi connectivity index (χ1) is 16.9. The predicted octanol–water partition coefficient (Wildman–Crippen LogP) is 7.67. The first-order valence-electron chi connectivity index (χ1n) is 11.7. The molecule has 2 heterocycles. The molecule has 1 aliphatic heterocycles. The fourth-order valence-corrected chi connectivity index (χ4v) is 5.00. The Morgan fingerprint density at radius 1 is 0.914 bits per heavy atom. The van der Waals surface area contributed by atoms with Gasteiger partial charge in [-0.3, -0.25) is 0 Å². The minimum atomic E-state index is -4.55. The summed E-state index contributed by atoms with van der Waals surface area (Å²) in [6, 6.07) is 24.2. The van der Waals surface area contributed by atoms with Crippen molar-refractivity contribution in [3.63, 3.8) is 0 Å². The van der Waals surface area contributed by atoms with Gasteiger partial charge in [-0.1, -0.05) is 72.3 Å². The van der Waals surface area contributed by atoms with E-state index in [1.54, 1.807) is 0 Å². The van der Waals surface area contributed by atoms with E-state index in [4.69, 9.17) is 16.7 Å². The van der Waals surface area contributed by atoms with E-state index in [1.165, 1.54) is 16.8 Å². The predicted molar refractivity (Wildman–Crippen MR) is 133 cm³/mol. The average Bonchev–Trinajstić information content (AvgIpc) is 3.02. The molecule has 0 spiro atoms. The second kappa shape index (κ2) is 9.78. The zero-order valence-corrected chi connectivity index (χ0v) is 19.8. The standard InChI is InChI=1S/C28H25ClF3N3/c29-21-14-15-26(24(17-21)28(30,31)32)35-27-22(13-7-8-16-33-27)25(34-35)18-23(19-9-3-1-4-10-19)20-11-5-2-6-12-20/h1-6,9-12,14-15,17,23,33H,7-8,13,16,18H2. The second-order valence-electron chi connectivity index (χ2n) is 8.81. The van der Waals surface area contributed by atoms with E-state index in [9.17, 15) is 13.2 Å². The van der Waals surface area contributed by atoms with Crippen LogP contribution in [0.3, 0.4) is 0 Å². The molecule has 3 aromatic carbocycles. The molecule has 0 unspecified atom stereocenters. The molecular weight excluding hydrogens is 471 g/mol. The van der Waals surface area contributed by atoms with Gasteiger partial charge in [-0.2, -0.15) is 18.3 Å². The smallest absolute Gasteiger partial charge is 0.370 e. The summed E-state index contributed by atoms with van der Waals surface area (Å²) in [6.45, 7) is 0.688. The van der Waals surface area contributed by atoms with E-state index in [-0.39, 0.29) is 16.6 Å². The van der Waals surface area contributed by atoms with Crippen molar-refractivity contribution in [1.29, 1.82) is 0 Å². The van der Waals surface area contributed by atoms with Gasteiger partial charge in [0.25, 0.3) is 0 Å². The lowest BCUT2D eigenvalue weighted by molar-refractivity contribution is -0.137. The Bertz CT molecular complexity index is 1260. The molecule has 5 rings (SSSR count). The van der Waals surface area contributed by atoms with Crippen molar-refractivity contribution in [2.24, 2.45) is 0 Å². The van der Waals surface area contributed by atoms with Crippen molar-refractivity contribution >= 4 is 17.4 Å². The van der Waals surface area contributed by atoms with Gasteiger partial charge >= 0.3 is 6.18 Å². The molecular formula is C28H25ClF3N3. The maximum absolute atomic E-state index is 14.0. The minimum absolute atomic E-state index is 0.0187. The number of fused-ring (bicyclic) bond motifs is 1. The SMILES string of the molecule is FC(F)(F)c1cc(Cl)ccc1-n1nc(CC(c2ccccc2)c2ccccc2)c2c1NCCCC2. The number of anilines is 1. The summed E-state index contributed by atoms with van der Waals surface area (Å²) < 4.78 is 43.3. The molecule has 35 heavy (non-hydrogen) atoms. The lowest BCUT2D eigenvalue weighted by Crippen LogP contribution is -2.14. The molecule has 0 bridgehead atoms.